The summed E-state index contributed by atoms with van der Waals surface area (Å²) in [5, 5.41) is 3.42. The van der Waals surface area contributed by atoms with Crippen LogP contribution < -0.4 is 5.32 Å². The topological polar surface area (TPSA) is 15.3 Å². The zero-order valence-corrected chi connectivity index (χ0v) is 13.3. The number of hydrogen-bond donors (Lipinski definition) is 1. The highest BCUT2D eigenvalue weighted by molar-refractivity contribution is 9.10. The van der Waals surface area contributed by atoms with Gasteiger partial charge in [-0.15, -0.1) is 0 Å². The van der Waals surface area contributed by atoms with Crippen molar-refractivity contribution in [2.75, 3.05) is 18.4 Å². The molecule has 0 saturated carbocycles. The number of nitrogens with zero attached hydrogens (tertiary/aromatic N) is 1. The quantitative estimate of drug-likeness (QED) is 0.887. The first-order chi connectivity index (χ1) is 10.2. The third-order valence-corrected chi connectivity index (χ3v) is 4.45. The van der Waals surface area contributed by atoms with Crippen molar-refractivity contribution in [3.63, 3.8) is 0 Å². The van der Waals surface area contributed by atoms with Crippen LogP contribution >= 0.6 is 15.9 Å². The van der Waals surface area contributed by atoms with Gasteiger partial charge in [0.1, 0.15) is 5.82 Å². The molecular weight excluding hydrogens is 331 g/mol. The Morgan fingerprint density at radius 1 is 1.19 bits per heavy atom. The number of halogens is 2. The Bertz CT molecular complexity index is 603. The normalized spacial score (nSPS) is 18.9. The molecule has 1 aliphatic heterocycles. The lowest BCUT2D eigenvalue weighted by molar-refractivity contribution is 0.328. The SMILES string of the molecule is Fc1cc(NC2CCN(Cc3ccccc3)C2)ccc1Br. The Morgan fingerprint density at radius 3 is 2.76 bits per heavy atom. The van der Waals surface area contributed by atoms with Crippen LogP contribution in [0.3, 0.4) is 0 Å². The predicted molar refractivity (Wildman–Crippen MR) is 87.8 cm³/mol. The Morgan fingerprint density at radius 2 is 2.00 bits per heavy atom. The van der Waals surface area contributed by atoms with E-state index in [1.54, 1.807) is 12.1 Å². The van der Waals surface area contributed by atoms with Crippen LogP contribution in [0.2, 0.25) is 0 Å². The molecule has 2 aromatic carbocycles. The van der Waals surface area contributed by atoms with Crippen LogP contribution in [-0.4, -0.2) is 24.0 Å². The third-order valence-electron chi connectivity index (χ3n) is 3.81. The molecule has 1 N–H and O–H groups in total. The van der Waals surface area contributed by atoms with Crippen LogP contribution in [0, 0.1) is 5.82 Å². The maximum Gasteiger partial charge on any atom is 0.139 e. The van der Waals surface area contributed by atoms with Crippen molar-refractivity contribution < 1.29 is 4.39 Å². The van der Waals surface area contributed by atoms with Gasteiger partial charge in [-0.25, -0.2) is 4.39 Å². The number of nitrogens with one attached hydrogen (secondary N) is 1. The van der Waals surface area contributed by atoms with Gasteiger partial charge < -0.3 is 5.32 Å². The Balaban J connectivity index is 1.56. The molecule has 0 bridgehead atoms. The third kappa shape index (κ3) is 3.83. The van der Waals surface area contributed by atoms with Gasteiger partial charge in [0, 0.05) is 31.4 Å². The van der Waals surface area contributed by atoms with E-state index in [1.165, 1.54) is 5.56 Å². The molecule has 1 atom stereocenters. The molecule has 4 heteroatoms. The van der Waals surface area contributed by atoms with Crippen molar-refractivity contribution in [1.29, 1.82) is 0 Å². The summed E-state index contributed by atoms with van der Waals surface area (Å²) in [5.74, 6) is -0.223. The molecule has 0 amide bonds. The molecule has 1 aliphatic rings. The Hall–Kier alpha value is -1.39. The fraction of sp³-hybridized carbons (Fsp3) is 0.294. The molecule has 0 aliphatic carbocycles. The monoisotopic (exact) mass is 348 g/mol. The molecule has 0 radical (unpaired) electrons. The molecule has 2 aromatic rings. The minimum Gasteiger partial charge on any atom is -0.381 e. The van der Waals surface area contributed by atoms with Gasteiger partial charge in [-0.2, -0.15) is 0 Å². The Kier molecular flexibility index (Phi) is 4.56. The molecule has 1 unspecified atom stereocenters. The zero-order chi connectivity index (χ0) is 14.7. The summed E-state index contributed by atoms with van der Waals surface area (Å²) in [6.07, 6.45) is 1.09. The second kappa shape index (κ2) is 6.58. The van der Waals surface area contributed by atoms with Crippen LogP contribution in [0.1, 0.15) is 12.0 Å². The van der Waals surface area contributed by atoms with Gasteiger partial charge in [0.05, 0.1) is 4.47 Å². The summed E-state index contributed by atoms with van der Waals surface area (Å²) in [5.41, 5.74) is 2.19. The van der Waals surface area contributed by atoms with Crippen LogP contribution in [0.15, 0.2) is 53.0 Å². The van der Waals surface area contributed by atoms with Crippen molar-refractivity contribution in [3.05, 3.63) is 64.4 Å². The number of benzene rings is 2. The minimum atomic E-state index is -0.223. The van der Waals surface area contributed by atoms with Crippen LogP contribution in [-0.2, 0) is 6.54 Å². The Labute approximate surface area is 133 Å². The number of rotatable bonds is 4. The fourth-order valence-corrected chi connectivity index (χ4v) is 3.00. The molecule has 3 rings (SSSR count). The lowest BCUT2D eigenvalue weighted by atomic mass is 10.2. The van der Waals surface area contributed by atoms with Crippen molar-refractivity contribution >= 4 is 21.6 Å². The van der Waals surface area contributed by atoms with E-state index < -0.39 is 0 Å². The highest BCUT2D eigenvalue weighted by Crippen LogP contribution is 2.22. The molecule has 1 heterocycles. The second-order valence-corrected chi connectivity index (χ2v) is 6.33. The van der Waals surface area contributed by atoms with Crippen LogP contribution in [0.25, 0.3) is 0 Å². The van der Waals surface area contributed by atoms with Crippen molar-refractivity contribution in [2.24, 2.45) is 0 Å². The lowest BCUT2D eigenvalue weighted by Gasteiger charge is -2.17. The van der Waals surface area contributed by atoms with Crippen molar-refractivity contribution in [1.82, 2.24) is 4.90 Å². The molecule has 1 saturated heterocycles. The van der Waals surface area contributed by atoms with Gasteiger partial charge in [0.15, 0.2) is 0 Å². The fourth-order valence-electron chi connectivity index (χ4n) is 2.76. The number of likely N-dealkylation sites (tertiary alicyclic amines) is 1. The van der Waals surface area contributed by atoms with E-state index in [4.69, 9.17) is 0 Å². The molecule has 110 valence electrons. The summed E-state index contributed by atoms with van der Waals surface area (Å²) < 4.78 is 14.0. The highest BCUT2D eigenvalue weighted by Gasteiger charge is 2.22. The van der Waals surface area contributed by atoms with Gasteiger partial charge in [-0.3, -0.25) is 4.90 Å². The first-order valence-electron chi connectivity index (χ1n) is 7.18. The van der Waals surface area contributed by atoms with E-state index in [-0.39, 0.29) is 5.82 Å². The average Bonchev–Trinajstić information content (AvgIpc) is 2.91. The van der Waals surface area contributed by atoms with Gasteiger partial charge in [-0.05, 0) is 46.1 Å². The van der Waals surface area contributed by atoms with E-state index in [0.29, 0.717) is 10.5 Å². The summed E-state index contributed by atoms with van der Waals surface area (Å²) >= 11 is 3.18. The molecular formula is C17H18BrFN2. The molecule has 0 aromatic heterocycles. The first-order valence-corrected chi connectivity index (χ1v) is 7.98. The predicted octanol–water partition coefficient (Wildman–Crippen LogP) is 4.27. The maximum absolute atomic E-state index is 13.5. The van der Waals surface area contributed by atoms with Crippen molar-refractivity contribution in [2.45, 2.75) is 19.0 Å². The smallest absolute Gasteiger partial charge is 0.139 e. The van der Waals surface area contributed by atoms with E-state index in [9.17, 15) is 4.39 Å². The summed E-state index contributed by atoms with van der Waals surface area (Å²) in [7, 11) is 0. The van der Waals surface area contributed by atoms with Crippen LogP contribution in [0.5, 0.6) is 0 Å². The average molecular weight is 349 g/mol. The van der Waals surface area contributed by atoms with Crippen molar-refractivity contribution in [3.8, 4) is 0 Å². The zero-order valence-electron chi connectivity index (χ0n) is 11.7. The standard InChI is InChI=1S/C17H18BrFN2/c18-16-7-6-14(10-17(16)19)20-15-8-9-21(12-15)11-13-4-2-1-3-5-13/h1-7,10,15,20H,8-9,11-12H2. The van der Waals surface area contributed by atoms with Crippen LogP contribution in [0.4, 0.5) is 10.1 Å². The molecule has 21 heavy (non-hydrogen) atoms. The second-order valence-electron chi connectivity index (χ2n) is 5.48. The summed E-state index contributed by atoms with van der Waals surface area (Å²) in [4.78, 5) is 2.43. The highest BCUT2D eigenvalue weighted by atomic mass is 79.9. The first kappa shape index (κ1) is 14.5. The van der Waals surface area contributed by atoms with Gasteiger partial charge in [-0.1, -0.05) is 30.3 Å². The van der Waals surface area contributed by atoms with E-state index in [0.717, 1.165) is 31.7 Å². The van der Waals surface area contributed by atoms with Gasteiger partial charge in [0.25, 0.3) is 0 Å². The van der Waals surface area contributed by atoms with E-state index >= 15 is 0 Å². The summed E-state index contributed by atoms with van der Waals surface area (Å²) in [6, 6.07) is 16.1. The maximum atomic E-state index is 13.5. The van der Waals surface area contributed by atoms with Gasteiger partial charge in [0.2, 0.25) is 0 Å². The van der Waals surface area contributed by atoms with E-state index in [1.807, 2.05) is 12.1 Å². The molecule has 0 spiro atoms. The van der Waals surface area contributed by atoms with Gasteiger partial charge >= 0.3 is 0 Å². The molecule has 2 nitrogen and oxygen atoms in total. The van der Waals surface area contributed by atoms with E-state index in [2.05, 4.69) is 50.4 Å². The lowest BCUT2D eigenvalue weighted by Crippen LogP contribution is -2.25. The number of hydrogen-bond acceptors (Lipinski definition) is 2. The summed E-state index contributed by atoms with van der Waals surface area (Å²) in [6.45, 7) is 3.05. The molecule has 1 fully saturated rings. The largest absolute Gasteiger partial charge is 0.381 e. The minimum absolute atomic E-state index is 0.223. The number of anilines is 1.